The second-order valence-electron chi connectivity index (χ2n) is 3.92. The van der Waals surface area contributed by atoms with Crippen molar-refractivity contribution in [2.24, 2.45) is 0 Å². The van der Waals surface area contributed by atoms with Crippen molar-refractivity contribution < 1.29 is 5.11 Å². The highest BCUT2D eigenvalue weighted by atomic mass is 32.1. The van der Waals surface area contributed by atoms with Gasteiger partial charge >= 0.3 is 0 Å². The fraction of sp³-hybridized carbons (Fsp3) is 0.417. The monoisotopic (exact) mass is 251 g/mol. The molecule has 0 saturated heterocycles. The number of hydrogen-bond donors (Lipinski definition) is 3. The minimum Gasteiger partial charge on any atom is -0.395 e. The molecule has 0 aliphatic rings. The van der Waals surface area contributed by atoms with E-state index in [1.807, 2.05) is 12.3 Å². The van der Waals surface area contributed by atoms with Crippen LogP contribution in [0, 0.1) is 0 Å². The van der Waals surface area contributed by atoms with E-state index in [0.29, 0.717) is 0 Å². The van der Waals surface area contributed by atoms with Crippen LogP contribution < -0.4 is 5.32 Å². The summed E-state index contributed by atoms with van der Waals surface area (Å²) in [5.41, 5.74) is 2.21. The molecule has 0 radical (unpaired) electrons. The zero-order valence-electron chi connectivity index (χ0n) is 9.81. The van der Waals surface area contributed by atoms with Gasteiger partial charge in [-0.15, -0.1) is 11.3 Å². The summed E-state index contributed by atoms with van der Waals surface area (Å²) in [5, 5.41) is 21.6. The lowest BCUT2D eigenvalue weighted by Crippen LogP contribution is -2.31. The molecule has 0 spiro atoms. The number of aliphatic hydroxyl groups is 1. The molecular weight excluding hydrogens is 234 g/mol. The molecule has 2 heterocycles. The Bertz CT molecular complexity index is 434. The van der Waals surface area contributed by atoms with Crippen molar-refractivity contribution in [3.05, 3.63) is 29.3 Å². The Labute approximate surface area is 105 Å². The Hall–Kier alpha value is -1.17. The molecule has 4 nitrogen and oxygen atoms in total. The van der Waals surface area contributed by atoms with E-state index in [-0.39, 0.29) is 12.6 Å². The lowest BCUT2D eigenvalue weighted by Gasteiger charge is -2.13. The first-order valence-corrected chi connectivity index (χ1v) is 6.63. The maximum Gasteiger partial charge on any atom is 0.0794 e. The third-order valence-electron chi connectivity index (χ3n) is 2.78. The molecule has 3 N–H and O–H groups in total. The highest BCUT2D eigenvalue weighted by molar-refractivity contribution is 7.13. The zero-order chi connectivity index (χ0) is 12.1. The van der Waals surface area contributed by atoms with Crippen LogP contribution in [0.2, 0.25) is 0 Å². The number of aromatic nitrogens is 2. The standard InChI is InChI=1S/C12H17N3OS/c1-2-10(8-16)13-6-9-7-14-15-12(9)11-4-3-5-17-11/h3-5,7,10,13,16H,2,6,8H2,1H3,(H,14,15). The maximum absolute atomic E-state index is 9.12. The van der Waals surface area contributed by atoms with Crippen molar-refractivity contribution in [2.45, 2.75) is 25.9 Å². The van der Waals surface area contributed by atoms with Crippen molar-refractivity contribution >= 4 is 11.3 Å². The number of nitrogens with one attached hydrogen (secondary N) is 2. The molecule has 2 aromatic rings. The van der Waals surface area contributed by atoms with Gasteiger partial charge in [-0.25, -0.2) is 0 Å². The summed E-state index contributed by atoms with van der Waals surface area (Å²) in [6.07, 6.45) is 2.76. The first kappa shape index (κ1) is 12.3. The Morgan fingerprint density at radius 3 is 3.12 bits per heavy atom. The van der Waals surface area contributed by atoms with Crippen LogP contribution in [0.1, 0.15) is 18.9 Å². The van der Waals surface area contributed by atoms with Gasteiger partial charge < -0.3 is 10.4 Å². The second kappa shape index (κ2) is 5.95. The molecule has 1 unspecified atom stereocenters. The van der Waals surface area contributed by atoms with Crippen molar-refractivity contribution in [2.75, 3.05) is 6.61 Å². The molecule has 0 aromatic carbocycles. The third kappa shape index (κ3) is 2.94. The average Bonchev–Trinajstić information content (AvgIpc) is 3.00. The molecule has 0 aliphatic carbocycles. The zero-order valence-corrected chi connectivity index (χ0v) is 10.6. The number of aliphatic hydroxyl groups excluding tert-OH is 1. The van der Waals surface area contributed by atoms with E-state index < -0.39 is 0 Å². The number of thiophene rings is 1. The van der Waals surface area contributed by atoms with Gasteiger partial charge in [0.2, 0.25) is 0 Å². The van der Waals surface area contributed by atoms with Gasteiger partial charge in [0.25, 0.3) is 0 Å². The van der Waals surface area contributed by atoms with Crippen molar-refractivity contribution in [1.29, 1.82) is 0 Å². The Balaban J connectivity index is 2.05. The highest BCUT2D eigenvalue weighted by Gasteiger charge is 2.10. The molecular formula is C12H17N3OS. The number of nitrogens with zero attached hydrogens (tertiary/aromatic N) is 1. The van der Waals surface area contributed by atoms with Crippen molar-refractivity contribution in [3.63, 3.8) is 0 Å². The number of aromatic amines is 1. The fourth-order valence-electron chi connectivity index (χ4n) is 1.67. The molecule has 0 bridgehead atoms. The first-order chi connectivity index (χ1) is 8.35. The molecule has 0 amide bonds. The lowest BCUT2D eigenvalue weighted by molar-refractivity contribution is 0.238. The summed E-state index contributed by atoms with van der Waals surface area (Å²) >= 11 is 1.69. The molecule has 2 rings (SSSR count). The number of hydrogen-bond acceptors (Lipinski definition) is 4. The topological polar surface area (TPSA) is 60.9 Å². The maximum atomic E-state index is 9.12. The van der Waals surface area contributed by atoms with Gasteiger partial charge in [0.05, 0.1) is 23.4 Å². The predicted molar refractivity (Wildman–Crippen MR) is 69.9 cm³/mol. The quantitative estimate of drug-likeness (QED) is 0.736. The van der Waals surface area contributed by atoms with Gasteiger partial charge in [-0.05, 0) is 17.9 Å². The van der Waals surface area contributed by atoms with Gasteiger partial charge in [-0.1, -0.05) is 13.0 Å². The molecule has 0 saturated carbocycles. The normalized spacial score (nSPS) is 12.8. The Morgan fingerprint density at radius 2 is 2.47 bits per heavy atom. The molecule has 5 heteroatoms. The molecule has 17 heavy (non-hydrogen) atoms. The van der Waals surface area contributed by atoms with Gasteiger partial charge in [0.1, 0.15) is 0 Å². The van der Waals surface area contributed by atoms with E-state index in [1.165, 1.54) is 4.88 Å². The Morgan fingerprint density at radius 1 is 1.59 bits per heavy atom. The molecule has 0 aliphatic heterocycles. The van der Waals surface area contributed by atoms with Crippen LogP contribution in [0.5, 0.6) is 0 Å². The number of rotatable bonds is 6. The number of H-pyrrole nitrogens is 1. The van der Waals surface area contributed by atoms with Crippen LogP contribution in [0.15, 0.2) is 23.7 Å². The third-order valence-corrected chi connectivity index (χ3v) is 3.67. The SMILES string of the molecule is CCC(CO)NCc1cn[nH]c1-c1cccs1. The molecule has 0 fully saturated rings. The summed E-state index contributed by atoms with van der Waals surface area (Å²) in [7, 11) is 0. The van der Waals surface area contributed by atoms with E-state index in [1.54, 1.807) is 11.3 Å². The van der Waals surface area contributed by atoms with Gasteiger partial charge in [0, 0.05) is 18.2 Å². The Kier molecular flexibility index (Phi) is 4.30. The predicted octanol–water partition coefficient (Wildman–Crippen LogP) is 2.00. The summed E-state index contributed by atoms with van der Waals surface area (Å²) in [6, 6.07) is 4.26. The van der Waals surface area contributed by atoms with E-state index in [2.05, 4.69) is 33.9 Å². The molecule has 92 valence electrons. The van der Waals surface area contributed by atoms with Crippen LogP contribution in [-0.2, 0) is 6.54 Å². The average molecular weight is 251 g/mol. The van der Waals surface area contributed by atoms with Crippen LogP contribution >= 0.6 is 11.3 Å². The van der Waals surface area contributed by atoms with Crippen LogP contribution in [0.4, 0.5) is 0 Å². The van der Waals surface area contributed by atoms with Crippen molar-refractivity contribution in [3.8, 4) is 10.6 Å². The largest absolute Gasteiger partial charge is 0.395 e. The van der Waals surface area contributed by atoms with Crippen LogP contribution in [0.3, 0.4) is 0 Å². The van der Waals surface area contributed by atoms with E-state index in [4.69, 9.17) is 5.11 Å². The van der Waals surface area contributed by atoms with E-state index in [9.17, 15) is 0 Å². The van der Waals surface area contributed by atoms with Gasteiger partial charge in [-0.3, -0.25) is 5.10 Å². The second-order valence-corrected chi connectivity index (χ2v) is 4.86. The van der Waals surface area contributed by atoms with E-state index in [0.717, 1.165) is 24.2 Å². The molecule has 1 atom stereocenters. The van der Waals surface area contributed by atoms with Crippen molar-refractivity contribution in [1.82, 2.24) is 15.5 Å². The minimum atomic E-state index is 0.154. The van der Waals surface area contributed by atoms with Gasteiger partial charge in [0.15, 0.2) is 0 Å². The summed E-state index contributed by atoms with van der Waals surface area (Å²) in [5.74, 6) is 0. The van der Waals surface area contributed by atoms with Gasteiger partial charge in [-0.2, -0.15) is 5.10 Å². The highest BCUT2D eigenvalue weighted by Crippen LogP contribution is 2.25. The molecule has 2 aromatic heterocycles. The minimum absolute atomic E-state index is 0.154. The van der Waals surface area contributed by atoms with Crippen LogP contribution in [-0.4, -0.2) is 28.0 Å². The first-order valence-electron chi connectivity index (χ1n) is 5.75. The van der Waals surface area contributed by atoms with Crippen LogP contribution in [0.25, 0.3) is 10.6 Å². The summed E-state index contributed by atoms with van der Waals surface area (Å²) < 4.78 is 0. The fourth-order valence-corrected chi connectivity index (χ4v) is 2.43. The van der Waals surface area contributed by atoms with E-state index >= 15 is 0 Å². The smallest absolute Gasteiger partial charge is 0.0794 e. The summed E-state index contributed by atoms with van der Waals surface area (Å²) in [6.45, 7) is 2.95. The lowest BCUT2D eigenvalue weighted by atomic mass is 10.2. The summed E-state index contributed by atoms with van der Waals surface area (Å²) in [4.78, 5) is 1.19.